The quantitative estimate of drug-likeness (QED) is 0.463. The highest BCUT2D eigenvalue weighted by Gasteiger charge is 2.12. The maximum atomic E-state index is 5.46. The summed E-state index contributed by atoms with van der Waals surface area (Å²) in [5, 5.41) is 0. The summed E-state index contributed by atoms with van der Waals surface area (Å²) in [5.74, 6) is 0. The van der Waals surface area contributed by atoms with Gasteiger partial charge in [0.25, 0.3) is 0 Å². The zero-order chi connectivity index (χ0) is 8.65. The van der Waals surface area contributed by atoms with Gasteiger partial charge in [-0.3, -0.25) is 10.9 Å². The van der Waals surface area contributed by atoms with Crippen LogP contribution in [0.2, 0.25) is 0 Å². The normalized spacial score (nSPS) is 24.2. The molecular weight excluding hydrogens is 156 g/mol. The molecule has 1 heterocycles. The fourth-order valence-electron chi connectivity index (χ4n) is 1.21. The van der Waals surface area contributed by atoms with Gasteiger partial charge in [-0.1, -0.05) is 0 Å². The van der Waals surface area contributed by atoms with Gasteiger partial charge in [0.15, 0.2) is 6.29 Å². The summed E-state index contributed by atoms with van der Waals surface area (Å²) in [5.41, 5.74) is 5.79. The molecule has 1 rings (SSSR count). The molecule has 1 aliphatic rings. The third kappa shape index (κ3) is 4.01. The van der Waals surface area contributed by atoms with Crippen LogP contribution in [0.1, 0.15) is 19.3 Å². The van der Waals surface area contributed by atoms with Gasteiger partial charge in [0.2, 0.25) is 0 Å². The minimum absolute atomic E-state index is 0.0393. The Balaban J connectivity index is 1.91. The molecule has 0 saturated carbocycles. The topological polar surface area (TPSA) is 42.5 Å². The fraction of sp³-hybridized carbons (Fsp3) is 1.00. The van der Waals surface area contributed by atoms with Crippen LogP contribution >= 0.6 is 0 Å². The van der Waals surface area contributed by atoms with Crippen molar-refractivity contribution in [1.29, 1.82) is 0 Å². The monoisotopic (exact) mass is 174 g/mol. The zero-order valence-electron chi connectivity index (χ0n) is 7.64. The summed E-state index contributed by atoms with van der Waals surface area (Å²) in [6, 6.07) is 0. The number of hydrogen-bond donors (Lipinski definition) is 2. The molecular formula is C8H18N2O2. The van der Waals surface area contributed by atoms with E-state index in [-0.39, 0.29) is 6.29 Å². The van der Waals surface area contributed by atoms with Crippen LogP contribution < -0.4 is 10.9 Å². The largest absolute Gasteiger partial charge is 0.353 e. The molecule has 1 atom stereocenters. The van der Waals surface area contributed by atoms with Gasteiger partial charge >= 0.3 is 0 Å². The van der Waals surface area contributed by atoms with Gasteiger partial charge in [0.05, 0.1) is 6.61 Å². The molecule has 72 valence electrons. The summed E-state index contributed by atoms with van der Waals surface area (Å²) < 4.78 is 10.8. The van der Waals surface area contributed by atoms with E-state index in [1.807, 2.05) is 7.05 Å². The molecule has 0 aliphatic carbocycles. The van der Waals surface area contributed by atoms with Gasteiger partial charge in [-0.05, 0) is 26.3 Å². The van der Waals surface area contributed by atoms with E-state index in [0.717, 1.165) is 19.6 Å². The average Bonchev–Trinajstić information content (AvgIpc) is 2.14. The van der Waals surface area contributed by atoms with Crippen molar-refractivity contribution in [3.05, 3.63) is 0 Å². The van der Waals surface area contributed by atoms with E-state index in [1.54, 1.807) is 0 Å². The van der Waals surface area contributed by atoms with Gasteiger partial charge in [-0.25, -0.2) is 0 Å². The smallest absolute Gasteiger partial charge is 0.157 e. The molecule has 0 radical (unpaired) electrons. The first-order chi connectivity index (χ1) is 5.93. The predicted molar refractivity (Wildman–Crippen MR) is 46.6 cm³/mol. The van der Waals surface area contributed by atoms with Crippen LogP contribution in [0, 0.1) is 0 Å². The highest BCUT2D eigenvalue weighted by Crippen LogP contribution is 2.12. The van der Waals surface area contributed by atoms with Crippen molar-refractivity contribution in [2.24, 2.45) is 0 Å². The highest BCUT2D eigenvalue weighted by molar-refractivity contribution is 4.54. The number of hydrazine groups is 1. The van der Waals surface area contributed by atoms with Gasteiger partial charge in [0.1, 0.15) is 0 Å². The maximum Gasteiger partial charge on any atom is 0.157 e. The molecule has 2 N–H and O–H groups in total. The first-order valence-corrected chi connectivity index (χ1v) is 4.56. The molecule has 1 fully saturated rings. The molecule has 1 saturated heterocycles. The lowest BCUT2D eigenvalue weighted by atomic mass is 10.2. The predicted octanol–water partition coefficient (Wildman–Crippen LogP) is 0.254. The lowest BCUT2D eigenvalue weighted by Gasteiger charge is -2.22. The number of hydrogen-bond acceptors (Lipinski definition) is 4. The first-order valence-electron chi connectivity index (χ1n) is 4.56. The standard InChI is InChI=1S/C8H18N2O2/c1-9-10-5-7-12-8-4-2-3-6-11-8/h8-10H,2-7H2,1H3. The van der Waals surface area contributed by atoms with E-state index in [9.17, 15) is 0 Å². The van der Waals surface area contributed by atoms with E-state index >= 15 is 0 Å². The SMILES string of the molecule is CNNCCOC1CCCCO1. The Morgan fingerprint density at radius 3 is 3.08 bits per heavy atom. The second kappa shape index (κ2) is 6.37. The third-order valence-electron chi connectivity index (χ3n) is 1.85. The van der Waals surface area contributed by atoms with Crippen LogP contribution in [-0.4, -0.2) is 33.1 Å². The minimum Gasteiger partial charge on any atom is -0.353 e. The average molecular weight is 174 g/mol. The van der Waals surface area contributed by atoms with Crippen LogP contribution in [0.4, 0.5) is 0 Å². The molecule has 0 aromatic heterocycles. The van der Waals surface area contributed by atoms with Crippen molar-refractivity contribution in [3.8, 4) is 0 Å². The first kappa shape index (κ1) is 9.92. The molecule has 0 aromatic carbocycles. The van der Waals surface area contributed by atoms with Crippen LogP contribution in [-0.2, 0) is 9.47 Å². The van der Waals surface area contributed by atoms with Crippen LogP contribution in [0.15, 0.2) is 0 Å². The summed E-state index contributed by atoms with van der Waals surface area (Å²) in [6.07, 6.45) is 3.48. The van der Waals surface area contributed by atoms with E-state index < -0.39 is 0 Å². The van der Waals surface area contributed by atoms with Gasteiger partial charge in [-0.2, -0.15) is 0 Å². The summed E-state index contributed by atoms with van der Waals surface area (Å²) in [6.45, 7) is 2.37. The van der Waals surface area contributed by atoms with Crippen molar-refractivity contribution in [2.45, 2.75) is 25.6 Å². The van der Waals surface area contributed by atoms with Crippen molar-refractivity contribution in [3.63, 3.8) is 0 Å². The van der Waals surface area contributed by atoms with E-state index in [1.165, 1.54) is 12.8 Å². The zero-order valence-corrected chi connectivity index (χ0v) is 7.64. The van der Waals surface area contributed by atoms with Crippen LogP contribution in [0.5, 0.6) is 0 Å². The summed E-state index contributed by atoms with van der Waals surface area (Å²) in [7, 11) is 1.84. The second-order valence-corrected chi connectivity index (χ2v) is 2.84. The van der Waals surface area contributed by atoms with E-state index in [2.05, 4.69) is 10.9 Å². The molecule has 12 heavy (non-hydrogen) atoms. The van der Waals surface area contributed by atoms with E-state index in [4.69, 9.17) is 9.47 Å². The lowest BCUT2D eigenvalue weighted by Crippen LogP contribution is -2.33. The Hall–Kier alpha value is -0.160. The lowest BCUT2D eigenvalue weighted by molar-refractivity contribution is -0.161. The van der Waals surface area contributed by atoms with Crippen molar-refractivity contribution < 1.29 is 9.47 Å². The Morgan fingerprint density at radius 2 is 2.42 bits per heavy atom. The molecule has 0 amide bonds. The van der Waals surface area contributed by atoms with Crippen molar-refractivity contribution in [2.75, 3.05) is 26.8 Å². The summed E-state index contributed by atoms with van der Waals surface area (Å²) >= 11 is 0. The molecule has 4 heteroatoms. The second-order valence-electron chi connectivity index (χ2n) is 2.84. The number of ether oxygens (including phenoxy) is 2. The molecule has 1 aliphatic heterocycles. The van der Waals surface area contributed by atoms with Gasteiger partial charge in [-0.15, -0.1) is 0 Å². The number of nitrogens with one attached hydrogen (secondary N) is 2. The Morgan fingerprint density at radius 1 is 1.50 bits per heavy atom. The Bertz CT molecular complexity index is 105. The highest BCUT2D eigenvalue weighted by atomic mass is 16.7. The van der Waals surface area contributed by atoms with Gasteiger partial charge in [0, 0.05) is 13.2 Å². The van der Waals surface area contributed by atoms with Gasteiger partial charge < -0.3 is 9.47 Å². The van der Waals surface area contributed by atoms with E-state index in [0.29, 0.717) is 6.61 Å². The molecule has 0 bridgehead atoms. The maximum absolute atomic E-state index is 5.46. The molecule has 4 nitrogen and oxygen atoms in total. The minimum atomic E-state index is 0.0393. The Labute approximate surface area is 73.6 Å². The third-order valence-corrected chi connectivity index (χ3v) is 1.85. The molecule has 1 unspecified atom stereocenters. The van der Waals surface area contributed by atoms with Crippen LogP contribution in [0.25, 0.3) is 0 Å². The van der Waals surface area contributed by atoms with Crippen LogP contribution in [0.3, 0.4) is 0 Å². The fourth-order valence-corrected chi connectivity index (χ4v) is 1.21. The van der Waals surface area contributed by atoms with Crippen molar-refractivity contribution in [1.82, 2.24) is 10.9 Å². The van der Waals surface area contributed by atoms with Crippen molar-refractivity contribution >= 4 is 0 Å². The summed E-state index contributed by atoms with van der Waals surface area (Å²) in [4.78, 5) is 0. The molecule has 0 aromatic rings. The molecule has 0 spiro atoms. The number of rotatable bonds is 5. The Kier molecular flexibility index (Phi) is 5.27.